The highest BCUT2D eigenvalue weighted by atomic mass is 16.4. The van der Waals surface area contributed by atoms with Gasteiger partial charge < -0.3 is 85.1 Å². The van der Waals surface area contributed by atoms with E-state index in [0.29, 0.717) is 28.7 Å². The molecule has 10 atom stereocenters. The Morgan fingerprint density at radius 3 is 1.35 bits per heavy atom. The summed E-state index contributed by atoms with van der Waals surface area (Å²) >= 11 is 0. The molecule has 1 fully saturated rings. The van der Waals surface area contributed by atoms with Gasteiger partial charge in [-0.15, -0.1) is 0 Å². The number of nitrogens with zero attached hydrogens (tertiary/aromatic N) is 1. The average molecular weight is 1280 g/mol. The number of carboxylic acids is 2. The highest BCUT2D eigenvalue weighted by Gasteiger charge is 2.41. The number of phenols is 2. The second-order valence-corrected chi connectivity index (χ2v) is 23.4. The number of benzene rings is 4. The van der Waals surface area contributed by atoms with Crippen molar-refractivity contribution in [2.24, 2.45) is 29.0 Å². The number of hydrogen-bond acceptors (Lipinski definition) is 16. The monoisotopic (exact) mass is 1280 g/mol. The van der Waals surface area contributed by atoms with E-state index in [4.69, 9.17) is 17.2 Å². The first-order valence-corrected chi connectivity index (χ1v) is 30.2. The molecule has 496 valence electrons. The number of amides is 10. The van der Waals surface area contributed by atoms with Gasteiger partial charge in [-0.2, -0.15) is 0 Å². The van der Waals surface area contributed by atoms with Gasteiger partial charge in [0.15, 0.2) is 0 Å². The van der Waals surface area contributed by atoms with Crippen molar-refractivity contribution in [1.82, 2.24) is 47.4 Å². The molecule has 5 rings (SSSR count). The predicted octanol–water partition coefficient (Wildman–Crippen LogP) is -0.949. The molecule has 0 spiro atoms. The smallest absolute Gasteiger partial charge is 0.326 e. The molecule has 1 heterocycles. The highest BCUT2D eigenvalue weighted by molar-refractivity contribution is 6.00. The van der Waals surface area contributed by atoms with Crippen LogP contribution >= 0.6 is 0 Å². The molecule has 4 aromatic carbocycles. The van der Waals surface area contributed by atoms with Crippen LogP contribution in [0.1, 0.15) is 88.5 Å². The van der Waals surface area contributed by atoms with Crippen molar-refractivity contribution in [3.63, 3.8) is 0 Å². The van der Waals surface area contributed by atoms with Crippen molar-refractivity contribution in [3.05, 3.63) is 131 Å². The van der Waals surface area contributed by atoms with Gasteiger partial charge in [-0.1, -0.05) is 113 Å². The summed E-state index contributed by atoms with van der Waals surface area (Å²) in [6.07, 6.45) is -2.47. The molecule has 0 bridgehead atoms. The fraction of sp³-hybridized carbons (Fsp3) is 0.438. The number of carbonyl (C=O) groups is 12. The number of carbonyl (C=O) groups excluding carboxylic acids is 10. The second kappa shape index (κ2) is 35.4. The number of carboxylic acid groups (broad SMARTS) is 2. The Morgan fingerprint density at radius 1 is 0.489 bits per heavy atom. The van der Waals surface area contributed by atoms with Crippen LogP contribution in [0.25, 0.3) is 0 Å². The molecule has 1 saturated heterocycles. The Morgan fingerprint density at radius 2 is 0.880 bits per heavy atom. The van der Waals surface area contributed by atoms with Crippen LogP contribution in [0.5, 0.6) is 11.5 Å². The van der Waals surface area contributed by atoms with E-state index in [1.807, 2.05) is 13.8 Å². The molecule has 28 nitrogen and oxygen atoms in total. The lowest BCUT2D eigenvalue weighted by atomic mass is 9.99. The van der Waals surface area contributed by atoms with Crippen molar-refractivity contribution in [1.29, 1.82) is 0 Å². The average Bonchev–Trinajstić information content (AvgIpc) is 1.67. The van der Waals surface area contributed by atoms with Gasteiger partial charge in [0.25, 0.3) is 0 Å². The molecule has 28 heteroatoms. The molecule has 0 aliphatic carbocycles. The van der Waals surface area contributed by atoms with E-state index in [9.17, 15) is 73.2 Å². The van der Waals surface area contributed by atoms with Crippen LogP contribution < -0.4 is 59.7 Å². The Balaban J connectivity index is 1.41. The van der Waals surface area contributed by atoms with Gasteiger partial charge in [0.05, 0.1) is 18.9 Å². The molecule has 1 aliphatic rings. The second-order valence-electron chi connectivity index (χ2n) is 23.4. The Labute approximate surface area is 531 Å². The normalized spacial score (nSPS) is 15.7. The van der Waals surface area contributed by atoms with Gasteiger partial charge >= 0.3 is 11.9 Å². The first-order valence-electron chi connectivity index (χ1n) is 30.2. The third-order valence-corrected chi connectivity index (χ3v) is 15.2. The molecule has 1 aliphatic heterocycles. The largest absolute Gasteiger partial charge is 0.508 e. The maximum absolute atomic E-state index is 15.0. The Kier molecular flexibility index (Phi) is 28.0. The number of primary amides is 1. The lowest BCUT2D eigenvalue weighted by Crippen LogP contribution is -2.61. The zero-order chi connectivity index (χ0) is 67.8. The summed E-state index contributed by atoms with van der Waals surface area (Å²) in [5.74, 6) is -13.1. The van der Waals surface area contributed by atoms with Gasteiger partial charge in [0.2, 0.25) is 59.1 Å². The van der Waals surface area contributed by atoms with Crippen molar-refractivity contribution in [2.75, 3.05) is 13.1 Å². The van der Waals surface area contributed by atoms with Crippen LogP contribution in [0.4, 0.5) is 0 Å². The van der Waals surface area contributed by atoms with Gasteiger partial charge in [0, 0.05) is 32.2 Å². The van der Waals surface area contributed by atoms with E-state index in [0.717, 1.165) is 0 Å². The number of nitrogens with two attached hydrogens (primary N) is 3. The summed E-state index contributed by atoms with van der Waals surface area (Å²) in [7, 11) is 0. The van der Waals surface area contributed by atoms with Gasteiger partial charge in [0.1, 0.15) is 65.9 Å². The van der Waals surface area contributed by atoms with Crippen molar-refractivity contribution in [2.45, 2.75) is 152 Å². The number of rotatable bonds is 35. The number of aromatic hydroxyl groups is 2. The molecule has 0 unspecified atom stereocenters. The van der Waals surface area contributed by atoms with E-state index in [2.05, 4.69) is 42.5 Å². The molecule has 4 aromatic rings. The van der Waals surface area contributed by atoms with Crippen LogP contribution in [0.2, 0.25) is 0 Å². The highest BCUT2D eigenvalue weighted by Crippen LogP contribution is 2.22. The zero-order valence-corrected chi connectivity index (χ0v) is 51.7. The van der Waals surface area contributed by atoms with Crippen LogP contribution in [-0.2, 0) is 83.2 Å². The molecule has 10 amide bonds. The first kappa shape index (κ1) is 72.8. The van der Waals surface area contributed by atoms with Gasteiger partial charge in [-0.3, -0.25) is 52.7 Å². The molecular weight excluding hydrogens is 1190 g/mol. The molecule has 18 N–H and O–H groups in total. The third kappa shape index (κ3) is 23.1. The van der Waals surface area contributed by atoms with Crippen LogP contribution in [0.15, 0.2) is 109 Å². The maximum Gasteiger partial charge on any atom is 0.326 e. The minimum Gasteiger partial charge on any atom is -0.508 e. The molecular formula is C64H84N12O16. The van der Waals surface area contributed by atoms with Crippen molar-refractivity contribution in [3.8, 4) is 11.5 Å². The lowest BCUT2D eigenvalue weighted by molar-refractivity contribution is -0.144. The fourth-order valence-electron chi connectivity index (χ4n) is 10.2. The number of likely N-dealkylation sites (tertiary alicyclic amines) is 1. The predicted molar refractivity (Wildman–Crippen MR) is 334 cm³/mol. The molecule has 0 radical (unpaired) electrons. The van der Waals surface area contributed by atoms with E-state index in [1.54, 1.807) is 86.6 Å². The fourth-order valence-corrected chi connectivity index (χ4v) is 10.2. The molecule has 0 saturated carbocycles. The van der Waals surface area contributed by atoms with E-state index in [1.165, 1.54) is 41.3 Å². The third-order valence-electron chi connectivity index (χ3n) is 15.2. The van der Waals surface area contributed by atoms with Crippen LogP contribution in [0.3, 0.4) is 0 Å². The van der Waals surface area contributed by atoms with Gasteiger partial charge in [-0.05, 0) is 90.6 Å². The van der Waals surface area contributed by atoms with Crippen molar-refractivity contribution >= 4 is 71.0 Å². The lowest BCUT2D eigenvalue weighted by Gasteiger charge is -2.31. The van der Waals surface area contributed by atoms with E-state index in [-0.39, 0.29) is 81.4 Å². The molecule has 0 aromatic heterocycles. The quantitative estimate of drug-likeness (QED) is 0.0264. The molecule has 92 heavy (non-hydrogen) atoms. The summed E-state index contributed by atoms with van der Waals surface area (Å²) in [5, 5.41) is 59.8. The van der Waals surface area contributed by atoms with E-state index < -0.39 is 144 Å². The number of hydrogen-bond donors (Lipinski definition) is 15. The van der Waals surface area contributed by atoms with Crippen LogP contribution in [-0.4, -0.2) is 170 Å². The number of nitrogens with one attached hydrogen (secondary N) is 8. The minimum absolute atomic E-state index is 0.00532. The van der Waals surface area contributed by atoms with Gasteiger partial charge in [-0.25, -0.2) is 4.79 Å². The topological polar surface area (TPSA) is 463 Å². The number of aliphatic carboxylic acids is 2. The summed E-state index contributed by atoms with van der Waals surface area (Å²) in [6.45, 7) is 7.11. The SMILES string of the molecule is CC(C)C[C@H](NC(=O)[C@H](CCN)NC(=O)[C@@H](N)C(C)C)C(=O)N[C@@H](Cc1ccc(O)cc1)C(=O)N1CCC[C@H]1C(=O)N[C@@H](Cc1ccccc1)C(=O)N[C@@H](Cc1ccccc1)C(=O)N[C@@H](CC(N)=O)C(=O)N[C@@H](CC(=O)O)C(=O)N[C@@H](Cc1ccc(O)cc1)C(=O)O. The summed E-state index contributed by atoms with van der Waals surface area (Å²) in [4.78, 5) is 166. The summed E-state index contributed by atoms with van der Waals surface area (Å²) in [6, 6.07) is 13.2. The zero-order valence-electron chi connectivity index (χ0n) is 51.7. The standard InChI is InChI=1S/C64H84N12O16/c1-35(2)28-44(69-55(82)43(25-26-65)68-62(89)54(67)36(3)4)56(83)74-49(31-39-17-21-41(77)22-18-39)63(90)76-27-11-16-51(76)61(88)73-46(30-38-14-9-6-10-15-38)58(85)70-45(29-37-12-7-5-8-13-37)57(84)71-47(33-52(66)79)59(86)72-48(34-53(80)81)60(87)75-50(64(91)92)32-40-19-23-42(78)24-20-40/h5-10,12-15,17-24,35-36,43-51,54,77-78H,11,16,25-34,65,67H2,1-4H3,(H2,66,79)(H,68,89)(H,69,82)(H,70,85)(H,71,84)(H,72,86)(H,73,88)(H,74,83)(H,75,87)(H,80,81)(H,91,92)/t43-,44-,45-,46-,47-,48-,49-,50-,51-,54-/m0/s1. The maximum atomic E-state index is 15.0. The Bertz CT molecular complexity index is 3210. The summed E-state index contributed by atoms with van der Waals surface area (Å²) < 4.78 is 0. The van der Waals surface area contributed by atoms with Crippen molar-refractivity contribution < 1.29 is 78.0 Å². The van der Waals surface area contributed by atoms with E-state index >= 15 is 4.79 Å². The minimum atomic E-state index is -1.98. The Hall–Kier alpha value is -9.96. The first-order chi connectivity index (χ1) is 43.6. The van der Waals surface area contributed by atoms with Crippen LogP contribution in [0, 0.1) is 11.8 Å². The number of phenolic OH excluding ortho intramolecular Hbond substituents is 2. The summed E-state index contributed by atoms with van der Waals surface area (Å²) in [5.41, 5.74) is 19.3.